The molecule has 1 saturated heterocycles. The Balaban J connectivity index is 2.27. The zero-order valence-electron chi connectivity index (χ0n) is 12.0. The Kier molecular flexibility index (Phi) is 4.70. The highest BCUT2D eigenvalue weighted by Crippen LogP contribution is 2.34. The highest BCUT2D eigenvalue weighted by Gasteiger charge is 2.29. The van der Waals surface area contributed by atoms with Crippen LogP contribution in [0, 0.1) is 5.92 Å². The summed E-state index contributed by atoms with van der Waals surface area (Å²) in [5.41, 5.74) is 13.6. The molecule has 1 fully saturated rings. The number of primary amides is 1. The number of hydrogen-bond acceptors (Lipinski definition) is 3. The average Bonchev–Trinajstić information content (AvgIpc) is 2.39. The Morgan fingerprint density at radius 1 is 1.45 bits per heavy atom. The van der Waals surface area contributed by atoms with Crippen LogP contribution in [0.25, 0.3) is 0 Å². The number of carbonyl (C=O) groups is 1. The molecule has 0 aromatic heterocycles. The van der Waals surface area contributed by atoms with Crippen molar-refractivity contribution >= 4 is 27.5 Å². The van der Waals surface area contributed by atoms with Crippen molar-refractivity contribution < 1.29 is 4.79 Å². The monoisotopic (exact) mass is 339 g/mol. The molecule has 3 atom stereocenters. The number of benzene rings is 1. The molecule has 0 aliphatic carbocycles. The van der Waals surface area contributed by atoms with Crippen molar-refractivity contribution in [2.75, 3.05) is 11.4 Å². The van der Waals surface area contributed by atoms with Gasteiger partial charge in [-0.3, -0.25) is 4.79 Å². The lowest BCUT2D eigenvalue weighted by Gasteiger charge is -2.39. The lowest BCUT2D eigenvalue weighted by Crippen LogP contribution is -2.46. The highest BCUT2D eigenvalue weighted by molar-refractivity contribution is 9.10. The number of piperidine rings is 1. The van der Waals surface area contributed by atoms with Crippen LogP contribution in [0.5, 0.6) is 0 Å². The largest absolute Gasteiger partial charge is 0.369 e. The third-order valence-corrected chi connectivity index (χ3v) is 4.73. The minimum Gasteiger partial charge on any atom is -0.369 e. The molecule has 1 aromatic carbocycles. The second kappa shape index (κ2) is 6.14. The molecule has 1 aliphatic rings. The predicted octanol–water partition coefficient (Wildman–Crippen LogP) is 2.56. The van der Waals surface area contributed by atoms with Gasteiger partial charge in [0.05, 0.1) is 11.6 Å². The Labute approximate surface area is 128 Å². The molecule has 2 unspecified atom stereocenters. The van der Waals surface area contributed by atoms with Crippen LogP contribution in [0.1, 0.15) is 38.3 Å². The number of anilines is 1. The van der Waals surface area contributed by atoms with Crippen molar-refractivity contribution in [3.63, 3.8) is 0 Å². The van der Waals surface area contributed by atoms with Crippen molar-refractivity contribution in [2.24, 2.45) is 17.4 Å². The molecule has 2 rings (SSSR count). The third kappa shape index (κ3) is 3.15. The fraction of sp³-hybridized carbons (Fsp3) is 0.533. The lowest BCUT2D eigenvalue weighted by atomic mass is 9.92. The first kappa shape index (κ1) is 15.3. The molecule has 0 saturated carbocycles. The van der Waals surface area contributed by atoms with Gasteiger partial charge in [0, 0.05) is 23.1 Å². The number of carbonyl (C=O) groups excluding carboxylic acids is 1. The summed E-state index contributed by atoms with van der Waals surface area (Å²) in [5, 5.41) is 0. The second-order valence-electron chi connectivity index (χ2n) is 5.68. The van der Waals surface area contributed by atoms with Gasteiger partial charge < -0.3 is 16.4 Å². The van der Waals surface area contributed by atoms with Gasteiger partial charge in [0.2, 0.25) is 5.91 Å². The summed E-state index contributed by atoms with van der Waals surface area (Å²) in [6, 6.07) is 6.59. The average molecular weight is 340 g/mol. The highest BCUT2D eigenvalue weighted by atomic mass is 79.9. The van der Waals surface area contributed by atoms with E-state index in [4.69, 9.17) is 11.5 Å². The van der Waals surface area contributed by atoms with E-state index in [0.29, 0.717) is 12.6 Å². The van der Waals surface area contributed by atoms with Crippen LogP contribution in [0.3, 0.4) is 0 Å². The molecule has 0 bridgehead atoms. The molecule has 4 N–H and O–H groups in total. The second-order valence-corrected chi connectivity index (χ2v) is 6.53. The smallest absolute Gasteiger partial charge is 0.222 e. The summed E-state index contributed by atoms with van der Waals surface area (Å²) in [5.74, 6) is -0.267. The van der Waals surface area contributed by atoms with E-state index in [1.807, 2.05) is 13.0 Å². The molecule has 1 heterocycles. The van der Waals surface area contributed by atoms with E-state index in [2.05, 4.69) is 39.9 Å². The third-order valence-electron chi connectivity index (χ3n) is 4.09. The summed E-state index contributed by atoms with van der Waals surface area (Å²) >= 11 is 3.62. The maximum absolute atomic E-state index is 11.4. The SMILES string of the molecule is CC1CCC(C(N)=O)CN1c1ccc([C@H](C)N)cc1Br. The molecule has 1 aromatic rings. The summed E-state index contributed by atoms with van der Waals surface area (Å²) in [4.78, 5) is 13.7. The van der Waals surface area contributed by atoms with E-state index in [9.17, 15) is 4.79 Å². The minimum absolute atomic E-state index is 0.0116. The van der Waals surface area contributed by atoms with Crippen LogP contribution in [0.2, 0.25) is 0 Å². The van der Waals surface area contributed by atoms with Gasteiger partial charge in [0.1, 0.15) is 0 Å². The molecular formula is C15H22BrN3O. The molecule has 0 radical (unpaired) electrons. The van der Waals surface area contributed by atoms with Crippen molar-refractivity contribution in [1.29, 1.82) is 0 Å². The molecule has 5 heteroatoms. The van der Waals surface area contributed by atoms with Crippen LogP contribution in [0.4, 0.5) is 5.69 Å². The van der Waals surface area contributed by atoms with Crippen molar-refractivity contribution in [1.82, 2.24) is 0 Å². The van der Waals surface area contributed by atoms with Crippen LogP contribution >= 0.6 is 15.9 Å². The molecule has 0 spiro atoms. The Morgan fingerprint density at radius 2 is 2.15 bits per heavy atom. The van der Waals surface area contributed by atoms with Crippen molar-refractivity contribution in [3.8, 4) is 0 Å². The van der Waals surface area contributed by atoms with Crippen LogP contribution in [0.15, 0.2) is 22.7 Å². The summed E-state index contributed by atoms with van der Waals surface area (Å²) in [6.45, 7) is 4.84. The number of halogens is 1. The molecule has 1 aliphatic heterocycles. The first-order valence-corrected chi connectivity index (χ1v) is 7.80. The quantitative estimate of drug-likeness (QED) is 0.888. The van der Waals surface area contributed by atoms with Crippen LogP contribution in [-0.4, -0.2) is 18.5 Å². The first-order chi connectivity index (χ1) is 9.40. The first-order valence-electron chi connectivity index (χ1n) is 7.01. The standard InChI is InChI=1S/C15H22BrN3O/c1-9-3-4-12(15(18)20)8-19(9)14-6-5-11(10(2)17)7-13(14)16/h5-7,9-10,12H,3-4,8,17H2,1-2H3,(H2,18,20)/t9?,10-,12?/m0/s1. The number of hydrogen-bond donors (Lipinski definition) is 2. The number of amides is 1. The van der Waals surface area contributed by atoms with Gasteiger partial charge in [-0.05, 0) is 60.3 Å². The topological polar surface area (TPSA) is 72.4 Å². The van der Waals surface area contributed by atoms with Gasteiger partial charge in [-0.1, -0.05) is 6.07 Å². The van der Waals surface area contributed by atoms with E-state index >= 15 is 0 Å². The van der Waals surface area contributed by atoms with Crippen molar-refractivity contribution in [3.05, 3.63) is 28.2 Å². The van der Waals surface area contributed by atoms with E-state index < -0.39 is 0 Å². The number of rotatable bonds is 3. The molecular weight excluding hydrogens is 318 g/mol. The van der Waals surface area contributed by atoms with Gasteiger partial charge in [0.15, 0.2) is 0 Å². The molecule has 4 nitrogen and oxygen atoms in total. The fourth-order valence-corrected chi connectivity index (χ4v) is 3.34. The van der Waals surface area contributed by atoms with Gasteiger partial charge >= 0.3 is 0 Å². The fourth-order valence-electron chi connectivity index (χ4n) is 2.71. The molecule has 20 heavy (non-hydrogen) atoms. The summed E-state index contributed by atoms with van der Waals surface area (Å²) < 4.78 is 1.02. The molecule has 1 amide bonds. The summed E-state index contributed by atoms with van der Waals surface area (Å²) in [7, 11) is 0. The minimum atomic E-state index is -0.203. The zero-order valence-corrected chi connectivity index (χ0v) is 13.6. The Morgan fingerprint density at radius 3 is 2.70 bits per heavy atom. The van der Waals surface area contributed by atoms with Crippen LogP contribution in [-0.2, 0) is 4.79 Å². The normalized spacial score (nSPS) is 24.5. The predicted molar refractivity (Wildman–Crippen MR) is 85.5 cm³/mol. The van der Waals surface area contributed by atoms with E-state index in [1.54, 1.807) is 0 Å². The van der Waals surface area contributed by atoms with Crippen molar-refractivity contribution in [2.45, 2.75) is 38.8 Å². The summed E-state index contributed by atoms with van der Waals surface area (Å²) in [6.07, 6.45) is 1.86. The number of nitrogens with two attached hydrogens (primary N) is 2. The van der Waals surface area contributed by atoms with Crippen LogP contribution < -0.4 is 16.4 Å². The van der Waals surface area contributed by atoms with Gasteiger partial charge in [-0.15, -0.1) is 0 Å². The van der Waals surface area contributed by atoms with Gasteiger partial charge in [-0.25, -0.2) is 0 Å². The van der Waals surface area contributed by atoms with E-state index in [1.165, 1.54) is 0 Å². The Bertz CT molecular complexity index is 504. The zero-order chi connectivity index (χ0) is 14.9. The number of nitrogens with zero attached hydrogens (tertiary/aromatic N) is 1. The maximum atomic E-state index is 11.4. The van der Waals surface area contributed by atoms with E-state index in [-0.39, 0.29) is 17.9 Å². The Hall–Kier alpha value is -1.07. The van der Waals surface area contributed by atoms with E-state index in [0.717, 1.165) is 28.6 Å². The van der Waals surface area contributed by atoms with Gasteiger partial charge in [0.25, 0.3) is 0 Å². The van der Waals surface area contributed by atoms with Gasteiger partial charge in [-0.2, -0.15) is 0 Å². The molecule has 110 valence electrons. The lowest BCUT2D eigenvalue weighted by molar-refractivity contribution is -0.122. The maximum Gasteiger partial charge on any atom is 0.222 e.